The Labute approximate surface area is 188 Å². The van der Waals surface area contributed by atoms with E-state index in [2.05, 4.69) is 6.07 Å². The maximum atomic E-state index is 12.6. The van der Waals surface area contributed by atoms with Crippen LogP contribution in [0.2, 0.25) is 0 Å². The number of rotatable bonds is 11. The number of aryl methyl sites for hydroxylation is 1. The SMILES string of the molecule is COc1cccc(CCCCCC(=O)C2CCC(CS(=O)(=O)C(C)(C)C)CC2)c1OC. The van der Waals surface area contributed by atoms with Crippen LogP contribution in [0.1, 0.15) is 77.7 Å². The standard InChI is InChI=1S/C25H40O5S/c1-25(2,3)31(27,28)18-19-14-16-20(17-15-19)22(26)12-8-6-7-10-21-11-9-13-23(29-4)24(21)30-5/h9,11,13,19-20H,6-8,10,12,14-18H2,1-5H3. The van der Waals surface area contributed by atoms with E-state index in [1.54, 1.807) is 35.0 Å². The minimum Gasteiger partial charge on any atom is -0.493 e. The largest absolute Gasteiger partial charge is 0.493 e. The van der Waals surface area contributed by atoms with Crippen LogP contribution >= 0.6 is 0 Å². The van der Waals surface area contributed by atoms with Crippen LogP contribution in [-0.2, 0) is 21.1 Å². The molecule has 0 spiro atoms. The smallest absolute Gasteiger partial charge is 0.163 e. The van der Waals surface area contributed by atoms with E-state index in [-0.39, 0.29) is 17.6 Å². The minimum absolute atomic E-state index is 0.118. The summed E-state index contributed by atoms with van der Waals surface area (Å²) in [5, 5.41) is 0. The molecule has 1 fully saturated rings. The maximum Gasteiger partial charge on any atom is 0.163 e. The number of benzene rings is 1. The number of carbonyl (C=O) groups is 1. The molecule has 0 amide bonds. The van der Waals surface area contributed by atoms with Crippen molar-refractivity contribution < 1.29 is 22.7 Å². The molecule has 0 N–H and O–H groups in total. The van der Waals surface area contributed by atoms with Gasteiger partial charge in [0.15, 0.2) is 21.3 Å². The van der Waals surface area contributed by atoms with Crippen molar-refractivity contribution in [3.63, 3.8) is 0 Å². The number of para-hydroxylation sites is 1. The second-order valence-corrected chi connectivity index (χ2v) is 12.6. The van der Waals surface area contributed by atoms with Crippen molar-refractivity contribution in [3.8, 4) is 11.5 Å². The molecule has 0 aromatic heterocycles. The highest BCUT2D eigenvalue weighted by molar-refractivity contribution is 7.92. The second-order valence-electron chi connectivity index (χ2n) is 9.79. The zero-order valence-corrected chi connectivity index (χ0v) is 20.7. The third-order valence-electron chi connectivity index (χ3n) is 6.54. The number of hydrogen-bond acceptors (Lipinski definition) is 5. The zero-order valence-electron chi connectivity index (χ0n) is 19.9. The molecule has 0 atom stereocenters. The molecular formula is C25H40O5S. The van der Waals surface area contributed by atoms with Crippen molar-refractivity contribution in [2.75, 3.05) is 20.0 Å². The average molecular weight is 453 g/mol. The van der Waals surface area contributed by atoms with Crippen molar-refractivity contribution in [1.29, 1.82) is 0 Å². The highest BCUT2D eigenvalue weighted by atomic mass is 32.2. The lowest BCUT2D eigenvalue weighted by Gasteiger charge is -2.30. The highest BCUT2D eigenvalue weighted by Crippen LogP contribution is 2.34. The fraction of sp³-hybridized carbons (Fsp3) is 0.720. The molecule has 1 saturated carbocycles. The molecule has 1 aromatic rings. The van der Waals surface area contributed by atoms with Crippen LogP contribution in [0.25, 0.3) is 0 Å². The van der Waals surface area contributed by atoms with E-state index in [1.165, 1.54) is 0 Å². The van der Waals surface area contributed by atoms with Crippen molar-refractivity contribution in [3.05, 3.63) is 23.8 Å². The third kappa shape index (κ3) is 7.23. The lowest BCUT2D eigenvalue weighted by molar-refractivity contribution is -0.124. The summed E-state index contributed by atoms with van der Waals surface area (Å²) in [4.78, 5) is 12.6. The molecule has 0 heterocycles. The molecule has 0 bridgehead atoms. The topological polar surface area (TPSA) is 69.7 Å². The molecule has 1 aromatic carbocycles. The highest BCUT2D eigenvalue weighted by Gasteiger charge is 2.34. The fourth-order valence-corrected chi connectivity index (χ4v) is 5.81. The lowest BCUT2D eigenvalue weighted by Crippen LogP contribution is -2.35. The molecule has 0 unspecified atom stereocenters. The van der Waals surface area contributed by atoms with Gasteiger partial charge in [-0.05, 0) is 83.3 Å². The van der Waals surface area contributed by atoms with Crippen molar-refractivity contribution in [2.45, 2.75) is 83.3 Å². The molecule has 31 heavy (non-hydrogen) atoms. The third-order valence-corrected chi connectivity index (χ3v) is 9.32. The Hall–Kier alpha value is -1.56. The summed E-state index contributed by atoms with van der Waals surface area (Å²) < 4.78 is 35.0. The number of Topliss-reactive ketones (excluding diaryl/α,β-unsaturated/α-hetero) is 1. The minimum atomic E-state index is -3.09. The van der Waals surface area contributed by atoms with Gasteiger partial charge in [0.2, 0.25) is 0 Å². The molecule has 1 aliphatic carbocycles. The molecule has 5 nitrogen and oxygen atoms in total. The summed E-state index contributed by atoms with van der Waals surface area (Å²) in [7, 11) is 0.213. The van der Waals surface area contributed by atoms with Gasteiger partial charge in [-0.15, -0.1) is 0 Å². The van der Waals surface area contributed by atoms with Gasteiger partial charge in [0.05, 0.1) is 24.7 Å². The summed E-state index contributed by atoms with van der Waals surface area (Å²) >= 11 is 0. The Bertz CT molecular complexity index is 815. The fourth-order valence-electron chi connectivity index (χ4n) is 4.36. The van der Waals surface area contributed by atoms with Gasteiger partial charge in [-0.25, -0.2) is 8.42 Å². The van der Waals surface area contributed by atoms with Crippen LogP contribution in [0.15, 0.2) is 18.2 Å². The summed E-state index contributed by atoms with van der Waals surface area (Å²) in [5.41, 5.74) is 1.14. The zero-order chi connectivity index (χ0) is 23.1. The number of methoxy groups -OCH3 is 2. The molecule has 0 aliphatic heterocycles. The van der Waals surface area contributed by atoms with Gasteiger partial charge in [-0.2, -0.15) is 0 Å². The van der Waals surface area contributed by atoms with E-state index < -0.39 is 14.6 Å². The van der Waals surface area contributed by atoms with Gasteiger partial charge in [0.25, 0.3) is 0 Å². The van der Waals surface area contributed by atoms with Crippen LogP contribution in [-0.4, -0.2) is 38.9 Å². The van der Waals surface area contributed by atoms with E-state index in [0.29, 0.717) is 12.2 Å². The predicted molar refractivity (Wildman–Crippen MR) is 126 cm³/mol. The Morgan fingerprint density at radius 1 is 1.00 bits per heavy atom. The number of sulfone groups is 1. The van der Waals surface area contributed by atoms with Crippen molar-refractivity contribution in [1.82, 2.24) is 0 Å². The van der Waals surface area contributed by atoms with E-state index in [1.807, 2.05) is 12.1 Å². The molecule has 0 saturated heterocycles. The van der Waals surface area contributed by atoms with Gasteiger partial charge < -0.3 is 9.47 Å². The van der Waals surface area contributed by atoms with Gasteiger partial charge in [-0.1, -0.05) is 18.6 Å². The summed E-state index contributed by atoms with van der Waals surface area (Å²) in [5.74, 6) is 2.48. The quantitative estimate of drug-likeness (QED) is 0.421. The van der Waals surface area contributed by atoms with Crippen molar-refractivity contribution >= 4 is 15.6 Å². The number of unbranched alkanes of at least 4 members (excludes halogenated alkanes) is 2. The molecule has 0 radical (unpaired) electrons. The first-order chi connectivity index (χ1) is 14.6. The molecule has 1 aliphatic rings. The Balaban J connectivity index is 1.69. The molecule has 6 heteroatoms. The molecular weight excluding hydrogens is 412 g/mol. The number of carbonyl (C=O) groups excluding carboxylic acids is 1. The molecule has 176 valence electrons. The van der Waals surface area contributed by atoms with E-state index in [9.17, 15) is 13.2 Å². The maximum absolute atomic E-state index is 12.6. The van der Waals surface area contributed by atoms with Crippen LogP contribution in [0.4, 0.5) is 0 Å². The Kier molecular flexibility index (Phi) is 9.41. The first kappa shape index (κ1) is 25.7. The van der Waals surface area contributed by atoms with Crippen LogP contribution < -0.4 is 9.47 Å². The van der Waals surface area contributed by atoms with E-state index in [4.69, 9.17) is 9.47 Å². The van der Waals surface area contributed by atoms with E-state index >= 15 is 0 Å². The van der Waals surface area contributed by atoms with Gasteiger partial charge in [0, 0.05) is 12.3 Å². The van der Waals surface area contributed by atoms with E-state index in [0.717, 1.165) is 68.4 Å². The summed E-state index contributed by atoms with van der Waals surface area (Å²) in [6.07, 6.45) is 7.83. The summed E-state index contributed by atoms with van der Waals surface area (Å²) in [6.45, 7) is 5.30. The number of hydrogen-bond donors (Lipinski definition) is 0. The summed E-state index contributed by atoms with van der Waals surface area (Å²) in [6, 6.07) is 5.93. The van der Waals surface area contributed by atoms with Gasteiger partial charge >= 0.3 is 0 Å². The van der Waals surface area contributed by atoms with Crippen LogP contribution in [0.3, 0.4) is 0 Å². The van der Waals surface area contributed by atoms with Gasteiger partial charge in [-0.3, -0.25) is 4.79 Å². The van der Waals surface area contributed by atoms with Crippen LogP contribution in [0.5, 0.6) is 11.5 Å². The number of ether oxygens (including phenoxy) is 2. The van der Waals surface area contributed by atoms with Crippen LogP contribution in [0, 0.1) is 11.8 Å². The molecule has 2 rings (SSSR count). The first-order valence-electron chi connectivity index (χ1n) is 11.5. The average Bonchev–Trinajstić information content (AvgIpc) is 2.72. The Morgan fingerprint density at radius 2 is 1.68 bits per heavy atom. The first-order valence-corrected chi connectivity index (χ1v) is 13.2. The monoisotopic (exact) mass is 452 g/mol. The number of ketones is 1. The Morgan fingerprint density at radius 3 is 2.26 bits per heavy atom. The van der Waals surface area contributed by atoms with Gasteiger partial charge in [0.1, 0.15) is 5.78 Å². The second kappa shape index (κ2) is 11.3. The van der Waals surface area contributed by atoms with Crippen molar-refractivity contribution in [2.24, 2.45) is 11.8 Å². The predicted octanol–water partition coefficient (Wildman–Crippen LogP) is 5.40. The normalized spacial score (nSPS) is 19.8. The lowest BCUT2D eigenvalue weighted by atomic mass is 9.80.